The van der Waals surface area contributed by atoms with Crippen molar-refractivity contribution in [3.8, 4) is 0 Å². The number of nitrogens with one attached hydrogen (secondary N) is 1. The highest BCUT2D eigenvalue weighted by atomic mass is 127. The predicted octanol–water partition coefficient (Wildman–Crippen LogP) is 5.71. The predicted molar refractivity (Wildman–Crippen MR) is 115 cm³/mol. The van der Waals surface area contributed by atoms with Crippen molar-refractivity contribution in [3.63, 3.8) is 0 Å². The summed E-state index contributed by atoms with van der Waals surface area (Å²) in [7, 11) is 0. The van der Waals surface area contributed by atoms with Gasteiger partial charge in [0.05, 0.1) is 16.9 Å². The molecule has 7 heteroatoms. The lowest BCUT2D eigenvalue weighted by atomic mass is 10.1. The molecule has 3 rings (SSSR count). The van der Waals surface area contributed by atoms with Crippen LogP contribution in [0.4, 0.5) is 11.4 Å². The van der Waals surface area contributed by atoms with Crippen LogP contribution in [0.25, 0.3) is 0 Å². The summed E-state index contributed by atoms with van der Waals surface area (Å²) < 4.78 is 0.806. The Bertz CT molecular complexity index is 1020. The van der Waals surface area contributed by atoms with E-state index in [2.05, 4.69) is 38.3 Å². The number of halogens is 1. The molecule has 0 radical (unpaired) electrons. The summed E-state index contributed by atoms with van der Waals surface area (Å²) in [5.74, 6) is -0.883. The van der Waals surface area contributed by atoms with Crippen LogP contribution in [0.1, 0.15) is 26.3 Å². The molecule has 0 atom stereocenters. The normalized spacial score (nSPS) is 10.6. The summed E-state index contributed by atoms with van der Waals surface area (Å²) in [5.41, 5.74) is 5.72. The second-order valence-electron chi connectivity index (χ2n) is 5.89. The lowest BCUT2D eigenvalue weighted by molar-refractivity contribution is 0.0595. The number of rotatable bonds is 5. The molecule has 0 saturated heterocycles. The number of hydrogen-bond acceptors (Lipinski definition) is 5. The van der Waals surface area contributed by atoms with Crippen LogP contribution in [0.3, 0.4) is 0 Å². The zero-order valence-corrected chi connectivity index (χ0v) is 17.1. The zero-order chi connectivity index (χ0) is 19.9. The number of carbonyl (C=O) groups is 2. The van der Waals surface area contributed by atoms with Gasteiger partial charge in [-0.1, -0.05) is 29.8 Å². The third-order valence-electron chi connectivity index (χ3n) is 3.78. The fourth-order valence-electron chi connectivity index (χ4n) is 2.24. The van der Waals surface area contributed by atoms with E-state index in [4.69, 9.17) is 4.84 Å². The number of aryl methyl sites for hydroxylation is 1. The van der Waals surface area contributed by atoms with Gasteiger partial charge in [0.1, 0.15) is 0 Å². The Labute approximate surface area is 175 Å². The molecule has 0 aliphatic carbocycles. The van der Waals surface area contributed by atoms with Gasteiger partial charge in [0.2, 0.25) is 0 Å². The van der Waals surface area contributed by atoms with Gasteiger partial charge in [-0.15, -0.1) is 10.2 Å². The van der Waals surface area contributed by atoms with Crippen LogP contribution in [0, 0.1) is 10.5 Å². The molecule has 6 nitrogen and oxygen atoms in total. The average molecular weight is 485 g/mol. The van der Waals surface area contributed by atoms with Crippen LogP contribution < -0.4 is 5.48 Å². The minimum absolute atomic E-state index is 0.409. The van der Waals surface area contributed by atoms with Gasteiger partial charge in [0.25, 0.3) is 5.91 Å². The number of amides is 1. The van der Waals surface area contributed by atoms with Gasteiger partial charge in [0.15, 0.2) is 0 Å². The van der Waals surface area contributed by atoms with Crippen molar-refractivity contribution in [2.75, 3.05) is 5.48 Å². The molecule has 0 fully saturated rings. The molecule has 0 bridgehead atoms. The van der Waals surface area contributed by atoms with E-state index >= 15 is 0 Å². The van der Waals surface area contributed by atoms with E-state index in [9.17, 15) is 9.59 Å². The molecule has 0 aliphatic heterocycles. The van der Waals surface area contributed by atoms with Crippen LogP contribution in [-0.2, 0) is 4.84 Å². The second kappa shape index (κ2) is 9.23. The fourth-order valence-corrected chi connectivity index (χ4v) is 2.85. The second-order valence-corrected chi connectivity index (χ2v) is 7.05. The number of azo groups is 1. The van der Waals surface area contributed by atoms with Crippen molar-refractivity contribution < 1.29 is 14.4 Å². The van der Waals surface area contributed by atoms with Crippen molar-refractivity contribution in [3.05, 3.63) is 93.1 Å². The highest BCUT2D eigenvalue weighted by Crippen LogP contribution is 2.18. The first-order valence-electron chi connectivity index (χ1n) is 8.37. The van der Waals surface area contributed by atoms with E-state index in [1.165, 1.54) is 0 Å². The van der Waals surface area contributed by atoms with Crippen molar-refractivity contribution in [1.29, 1.82) is 0 Å². The fraction of sp³-hybridized carbons (Fsp3) is 0.0476. The first-order valence-corrected chi connectivity index (χ1v) is 9.45. The Morgan fingerprint density at radius 3 is 2.29 bits per heavy atom. The minimum Gasteiger partial charge on any atom is -0.338 e. The van der Waals surface area contributed by atoms with Crippen LogP contribution in [0.2, 0.25) is 0 Å². The number of hydrogen-bond donors (Lipinski definition) is 1. The summed E-state index contributed by atoms with van der Waals surface area (Å²) in [5, 5.41) is 7.67. The monoisotopic (exact) mass is 485 g/mol. The Balaban J connectivity index is 1.57. The van der Waals surface area contributed by atoms with Gasteiger partial charge in [-0.2, -0.15) is 0 Å². The Kier molecular flexibility index (Phi) is 6.49. The highest BCUT2D eigenvalue weighted by Gasteiger charge is 2.11. The van der Waals surface area contributed by atoms with E-state index in [0.29, 0.717) is 22.5 Å². The van der Waals surface area contributed by atoms with Crippen LogP contribution >= 0.6 is 22.6 Å². The van der Waals surface area contributed by atoms with Crippen molar-refractivity contribution in [2.45, 2.75) is 6.92 Å². The van der Waals surface area contributed by atoms with Gasteiger partial charge < -0.3 is 4.84 Å². The lowest BCUT2D eigenvalue weighted by Crippen LogP contribution is -2.11. The molecule has 1 amide bonds. The Morgan fingerprint density at radius 1 is 0.929 bits per heavy atom. The zero-order valence-electron chi connectivity index (χ0n) is 14.9. The van der Waals surface area contributed by atoms with E-state index in [0.717, 1.165) is 9.13 Å². The van der Waals surface area contributed by atoms with Crippen LogP contribution in [-0.4, -0.2) is 11.9 Å². The van der Waals surface area contributed by atoms with Crippen LogP contribution in [0.5, 0.6) is 0 Å². The van der Waals surface area contributed by atoms with Gasteiger partial charge in [-0.3, -0.25) is 4.79 Å². The van der Waals surface area contributed by atoms with Gasteiger partial charge in [-0.05, 0) is 78.0 Å². The SMILES string of the molecule is Cc1ccc(C(=O)N=Nc2ccc(NOC(=O)c3ccccc3I)cc2)cc1. The summed E-state index contributed by atoms with van der Waals surface area (Å²) in [6.07, 6.45) is 0. The van der Waals surface area contributed by atoms with Crippen molar-refractivity contribution in [1.82, 2.24) is 0 Å². The first kappa shape index (κ1) is 19.7. The van der Waals surface area contributed by atoms with E-state index < -0.39 is 11.9 Å². The molecule has 0 unspecified atom stereocenters. The molecule has 0 saturated carbocycles. The molecule has 0 aliphatic rings. The molecule has 28 heavy (non-hydrogen) atoms. The van der Waals surface area contributed by atoms with Gasteiger partial charge in [0, 0.05) is 9.13 Å². The maximum Gasteiger partial charge on any atom is 0.363 e. The highest BCUT2D eigenvalue weighted by molar-refractivity contribution is 14.1. The van der Waals surface area contributed by atoms with E-state index in [1.54, 1.807) is 48.5 Å². The molecule has 0 aromatic heterocycles. The van der Waals surface area contributed by atoms with Crippen LogP contribution in [0.15, 0.2) is 83.0 Å². The topological polar surface area (TPSA) is 80.1 Å². The maximum atomic E-state index is 12.1. The third-order valence-corrected chi connectivity index (χ3v) is 4.72. The molecular weight excluding hydrogens is 469 g/mol. The molecule has 0 heterocycles. The first-order chi connectivity index (χ1) is 13.5. The molecule has 1 N–H and O–H groups in total. The summed E-state index contributed by atoms with van der Waals surface area (Å²) in [6.45, 7) is 1.95. The number of anilines is 1. The smallest absolute Gasteiger partial charge is 0.338 e. The Morgan fingerprint density at radius 2 is 1.61 bits per heavy atom. The summed E-state index contributed by atoms with van der Waals surface area (Å²) in [6, 6.07) is 20.9. The number of carbonyl (C=O) groups excluding carboxylic acids is 2. The number of nitrogens with zero attached hydrogens (tertiary/aromatic N) is 2. The van der Waals surface area contributed by atoms with Crippen molar-refractivity contribution in [2.24, 2.45) is 10.2 Å². The quantitative estimate of drug-likeness (QED) is 0.285. The summed E-state index contributed by atoms with van der Waals surface area (Å²) >= 11 is 2.08. The van der Waals surface area contributed by atoms with Gasteiger partial charge >= 0.3 is 5.97 Å². The number of benzene rings is 3. The van der Waals surface area contributed by atoms with E-state index in [1.807, 2.05) is 31.2 Å². The average Bonchev–Trinajstić information content (AvgIpc) is 2.72. The molecular formula is C21H16IN3O3. The van der Waals surface area contributed by atoms with E-state index in [-0.39, 0.29) is 0 Å². The molecule has 3 aromatic carbocycles. The molecule has 140 valence electrons. The van der Waals surface area contributed by atoms with Crippen molar-refractivity contribution >= 4 is 45.8 Å². The van der Waals surface area contributed by atoms with Gasteiger partial charge in [-0.25, -0.2) is 10.3 Å². The lowest BCUT2D eigenvalue weighted by Gasteiger charge is -2.07. The molecule has 0 spiro atoms. The Hall–Kier alpha value is -3.07. The minimum atomic E-state index is -0.475. The maximum absolute atomic E-state index is 12.1. The largest absolute Gasteiger partial charge is 0.363 e. The standard InChI is InChI=1S/C21H16IN3O3/c1-14-6-8-15(9-7-14)20(26)24-23-16-10-12-17(13-11-16)25-28-21(27)18-4-2-3-5-19(18)22/h2-13,25H,1H3. The third kappa shape index (κ3) is 5.23. The summed E-state index contributed by atoms with van der Waals surface area (Å²) in [4.78, 5) is 29.2. The molecule has 3 aromatic rings.